The lowest BCUT2D eigenvalue weighted by molar-refractivity contribution is -0.115. The number of benzene rings is 3. The van der Waals surface area contributed by atoms with Gasteiger partial charge in [0.2, 0.25) is 11.8 Å². The molecule has 0 bridgehead atoms. The Balaban J connectivity index is 1.15. The van der Waals surface area contributed by atoms with E-state index in [9.17, 15) is 14.9 Å². The number of nitrogens with zero attached hydrogens (tertiary/aromatic N) is 2. The van der Waals surface area contributed by atoms with Gasteiger partial charge in [0.05, 0.1) is 17.7 Å². The number of nitrogens with one attached hydrogen (secondary N) is 2. The number of amides is 2. The predicted octanol–water partition coefficient (Wildman–Crippen LogP) is 6.74. The van der Waals surface area contributed by atoms with Crippen molar-refractivity contribution in [1.82, 2.24) is 4.90 Å². The summed E-state index contributed by atoms with van der Waals surface area (Å²) in [5.74, 6) is -0.107. The lowest BCUT2D eigenvalue weighted by Crippen LogP contribution is -2.29. The topological polar surface area (TPSA) is 85.2 Å². The SMILES string of the molecule is N#Cc1c(NC(=O)CSc2cccc(NC(=O)Cc3ccc(Cl)cc3)c2)sc2c1CCN(Cc1ccccc1)C2. The number of thiophene rings is 1. The van der Waals surface area contributed by atoms with Crippen LogP contribution >= 0.6 is 34.7 Å². The van der Waals surface area contributed by atoms with Gasteiger partial charge in [-0.1, -0.05) is 60.1 Å². The van der Waals surface area contributed by atoms with Gasteiger partial charge in [0, 0.05) is 40.1 Å². The third-order valence-corrected chi connectivity index (χ3v) is 8.89. The van der Waals surface area contributed by atoms with Gasteiger partial charge in [0.1, 0.15) is 11.1 Å². The van der Waals surface area contributed by atoms with Gasteiger partial charge in [-0.2, -0.15) is 5.26 Å². The Morgan fingerprint density at radius 1 is 0.975 bits per heavy atom. The monoisotopic (exact) mass is 586 g/mol. The third kappa shape index (κ3) is 7.32. The second-order valence-electron chi connectivity index (χ2n) is 9.48. The largest absolute Gasteiger partial charge is 0.326 e. The molecule has 6 nitrogen and oxygen atoms in total. The first-order valence-corrected chi connectivity index (χ1v) is 15.0. The van der Waals surface area contributed by atoms with Crippen LogP contribution in [0.5, 0.6) is 0 Å². The molecular weight excluding hydrogens is 560 g/mol. The second kappa shape index (κ2) is 13.2. The van der Waals surface area contributed by atoms with Crippen LogP contribution in [0.25, 0.3) is 0 Å². The van der Waals surface area contributed by atoms with E-state index in [1.54, 1.807) is 12.1 Å². The number of rotatable bonds is 9. The molecule has 202 valence electrons. The van der Waals surface area contributed by atoms with Crippen LogP contribution in [0.1, 0.15) is 27.1 Å². The minimum absolute atomic E-state index is 0.129. The minimum Gasteiger partial charge on any atom is -0.326 e. The highest BCUT2D eigenvalue weighted by molar-refractivity contribution is 8.00. The van der Waals surface area contributed by atoms with Gasteiger partial charge in [-0.3, -0.25) is 14.5 Å². The Labute approximate surface area is 247 Å². The third-order valence-electron chi connectivity index (χ3n) is 6.52. The van der Waals surface area contributed by atoms with Gasteiger partial charge >= 0.3 is 0 Å². The van der Waals surface area contributed by atoms with Crippen LogP contribution in [0, 0.1) is 11.3 Å². The van der Waals surface area contributed by atoms with Crippen molar-refractivity contribution >= 4 is 57.2 Å². The van der Waals surface area contributed by atoms with Gasteiger partial charge in [-0.25, -0.2) is 0 Å². The fourth-order valence-corrected chi connectivity index (χ4v) is 6.75. The highest BCUT2D eigenvalue weighted by Gasteiger charge is 2.25. The molecule has 4 aromatic rings. The Morgan fingerprint density at radius 3 is 2.55 bits per heavy atom. The molecule has 1 aliphatic rings. The van der Waals surface area contributed by atoms with E-state index in [0.29, 0.717) is 21.3 Å². The van der Waals surface area contributed by atoms with E-state index in [4.69, 9.17) is 11.6 Å². The van der Waals surface area contributed by atoms with Crippen LogP contribution < -0.4 is 10.6 Å². The smallest absolute Gasteiger partial charge is 0.235 e. The van der Waals surface area contributed by atoms with Gasteiger partial charge in [0.15, 0.2) is 0 Å². The van der Waals surface area contributed by atoms with Gasteiger partial charge < -0.3 is 10.6 Å². The Bertz CT molecular complexity index is 1550. The lowest BCUT2D eigenvalue weighted by Gasteiger charge is -2.26. The van der Waals surface area contributed by atoms with Crippen molar-refractivity contribution in [2.24, 2.45) is 0 Å². The molecule has 0 saturated carbocycles. The minimum atomic E-state index is -0.168. The van der Waals surface area contributed by atoms with Crippen LogP contribution in [-0.4, -0.2) is 29.0 Å². The maximum absolute atomic E-state index is 12.8. The van der Waals surface area contributed by atoms with E-state index in [1.165, 1.54) is 28.7 Å². The molecule has 0 fully saturated rings. The summed E-state index contributed by atoms with van der Waals surface area (Å²) in [5, 5.41) is 17.0. The number of carbonyl (C=O) groups is 2. The van der Waals surface area contributed by atoms with Gasteiger partial charge in [-0.05, 0) is 53.4 Å². The number of thioether (sulfide) groups is 1. The molecule has 2 N–H and O–H groups in total. The van der Waals surface area contributed by atoms with Crippen LogP contribution in [0.4, 0.5) is 10.7 Å². The molecule has 9 heteroatoms. The molecule has 0 saturated heterocycles. The normalized spacial score (nSPS) is 12.8. The summed E-state index contributed by atoms with van der Waals surface area (Å²) in [6, 6.07) is 27.3. The van der Waals surface area contributed by atoms with Crippen molar-refractivity contribution in [2.75, 3.05) is 22.9 Å². The average molecular weight is 587 g/mol. The zero-order chi connectivity index (χ0) is 27.9. The maximum atomic E-state index is 12.8. The van der Waals surface area contributed by atoms with E-state index >= 15 is 0 Å². The summed E-state index contributed by atoms with van der Waals surface area (Å²) in [6.07, 6.45) is 1.04. The Kier molecular flexibility index (Phi) is 9.19. The molecule has 0 atom stereocenters. The summed E-state index contributed by atoms with van der Waals surface area (Å²) in [5.41, 5.74) is 4.45. The number of fused-ring (bicyclic) bond motifs is 1. The van der Waals surface area contributed by atoms with Crippen LogP contribution in [0.2, 0.25) is 5.02 Å². The quantitative estimate of drug-likeness (QED) is 0.212. The number of halogens is 1. The van der Waals surface area contributed by atoms with E-state index in [-0.39, 0.29) is 24.0 Å². The maximum Gasteiger partial charge on any atom is 0.235 e. The summed E-state index contributed by atoms with van der Waals surface area (Å²) in [7, 11) is 0. The first-order valence-electron chi connectivity index (χ1n) is 12.8. The molecule has 0 aliphatic carbocycles. The summed E-state index contributed by atoms with van der Waals surface area (Å²) >= 11 is 8.80. The number of anilines is 2. The summed E-state index contributed by atoms with van der Waals surface area (Å²) in [6.45, 7) is 2.51. The molecule has 0 radical (unpaired) electrons. The highest BCUT2D eigenvalue weighted by atomic mass is 35.5. The van der Waals surface area contributed by atoms with Crippen LogP contribution in [0.15, 0.2) is 83.8 Å². The van der Waals surface area contributed by atoms with Crippen molar-refractivity contribution in [3.8, 4) is 6.07 Å². The van der Waals surface area contributed by atoms with E-state index in [2.05, 4.69) is 33.7 Å². The van der Waals surface area contributed by atoms with Crippen LogP contribution in [-0.2, 0) is 35.5 Å². The fraction of sp³-hybridized carbons (Fsp3) is 0.194. The van der Waals surface area contributed by atoms with E-state index in [1.807, 2.05) is 54.6 Å². The zero-order valence-corrected chi connectivity index (χ0v) is 24.0. The molecule has 0 unspecified atom stereocenters. The lowest BCUT2D eigenvalue weighted by atomic mass is 10.0. The average Bonchev–Trinajstić information content (AvgIpc) is 3.30. The van der Waals surface area contributed by atoms with Crippen molar-refractivity contribution < 1.29 is 9.59 Å². The first kappa shape index (κ1) is 27.9. The van der Waals surface area contributed by atoms with E-state index < -0.39 is 0 Å². The molecule has 1 aromatic heterocycles. The molecular formula is C31H27ClN4O2S2. The van der Waals surface area contributed by atoms with Crippen molar-refractivity contribution in [2.45, 2.75) is 30.8 Å². The molecule has 3 aromatic carbocycles. The molecule has 2 amide bonds. The van der Waals surface area contributed by atoms with Crippen molar-refractivity contribution in [3.05, 3.63) is 111 Å². The van der Waals surface area contributed by atoms with Crippen molar-refractivity contribution in [1.29, 1.82) is 5.26 Å². The summed E-state index contributed by atoms with van der Waals surface area (Å²) < 4.78 is 0. The zero-order valence-electron chi connectivity index (χ0n) is 21.7. The standard InChI is InChI=1S/C31H27ClN4O2S2/c32-23-11-9-21(10-12-23)15-29(37)34-24-7-4-8-25(16-24)39-20-30(38)35-31-27(17-33)26-13-14-36(19-28(26)40-31)18-22-5-2-1-3-6-22/h1-12,16H,13-15,18-20H2,(H,34,37)(H,35,38). The van der Waals surface area contributed by atoms with Crippen LogP contribution in [0.3, 0.4) is 0 Å². The number of hydrogen-bond donors (Lipinski definition) is 2. The van der Waals surface area contributed by atoms with E-state index in [0.717, 1.165) is 47.0 Å². The molecule has 0 spiro atoms. The highest BCUT2D eigenvalue weighted by Crippen LogP contribution is 2.37. The fourth-order valence-electron chi connectivity index (χ4n) is 4.61. The number of hydrogen-bond acceptors (Lipinski definition) is 6. The molecule has 5 rings (SSSR count). The second-order valence-corrected chi connectivity index (χ2v) is 12.1. The number of carbonyl (C=O) groups excluding carboxylic acids is 2. The first-order chi connectivity index (χ1) is 19.5. The molecule has 2 heterocycles. The molecule has 1 aliphatic heterocycles. The predicted molar refractivity (Wildman–Crippen MR) is 163 cm³/mol. The van der Waals surface area contributed by atoms with Gasteiger partial charge in [0.25, 0.3) is 0 Å². The Morgan fingerprint density at radius 2 is 1.77 bits per heavy atom. The summed E-state index contributed by atoms with van der Waals surface area (Å²) in [4.78, 5) is 29.7. The molecule has 40 heavy (non-hydrogen) atoms. The van der Waals surface area contributed by atoms with Crippen molar-refractivity contribution in [3.63, 3.8) is 0 Å². The Hall–Kier alpha value is -3.61. The van der Waals surface area contributed by atoms with Gasteiger partial charge in [-0.15, -0.1) is 23.1 Å². The number of nitriles is 1.